The first kappa shape index (κ1) is 10.2. The van der Waals surface area contributed by atoms with Crippen molar-refractivity contribution in [2.75, 3.05) is 13.2 Å². The molecule has 0 spiro atoms. The molecule has 0 aliphatic carbocycles. The number of aliphatic hydroxyl groups is 1. The van der Waals surface area contributed by atoms with Crippen LogP contribution in [0.25, 0.3) is 0 Å². The molecule has 0 fully saturated rings. The third kappa shape index (κ3) is 3.16. The van der Waals surface area contributed by atoms with Crippen LogP contribution in [0.5, 0.6) is 0 Å². The normalized spacial score (nSPS) is 13.2. The van der Waals surface area contributed by atoms with Crippen LogP contribution in [0.2, 0.25) is 0 Å². The lowest BCUT2D eigenvalue weighted by Gasteiger charge is -2.01. The Morgan fingerprint density at radius 3 is 3.00 bits per heavy atom. The summed E-state index contributed by atoms with van der Waals surface area (Å²) in [5, 5.41) is 13.3. The number of hydrogen-bond acceptors (Lipinski definition) is 3. The van der Waals surface area contributed by atoms with Crippen molar-refractivity contribution in [2.45, 2.75) is 26.5 Å². The summed E-state index contributed by atoms with van der Waals surface area (Å²) in [5.41, 5.74) is 0.844. The van der Waals surface area contributed by atoms with E-state index in [2.05, 4.69) is 5.10 Å². The highest BCUT2D eigenvalue weighted by Gasteiger charge is 2.03. The van der Waals surface area contributed by atoms with Gasteiger partial charge in [0.05, 0.1) is 25.5 Å². The molecule has 1 aromatic heterocycles. The van der Waals surface area contributed by atoms with E-state index in [4.69, 9.17) is 4.74 Å². The quantitative estimate of drug-likeness (QED) is 0.694. The van der Waals surface area contributed by atoms with Crippen LogP contribution in [0.15, 0.2) is 12.4 Å². The first-order chi connectivity index (χ1) is 6.24. The van der Waals surface area contributed by atoms with Gasteiger partial charge in [-0.3, -0.25) is 4.68 Å². The van der Waals surface area contributed by atoms with Gasteiger partial charge in [-0.2, -0.15) is 5.10 Å². The summed E-state index contributed by atoms with van der Waals surface area (Å²) in [6, 6.07) is 0. The molecule has 4 heteroatoms. The van der Waals surface area contributed by atoms with Crippen LogP contribution in [0, 0.1) is 0 Å². The number of rotatable bonds is 5. The van der Waals surface area contributed by atoms with Gasteiger partial charge in [0.25, 0.3) is 0 Å². The maximum atomic E-state index is 9.22. The molecule has 4 nitrogen and oxygen atoms in total. The van der Waals surface area contributed by atoms with Crippen molar-refractivity contribution in [3.63, 3.8) is 0 Å². The van der Waals surface area contributed by atoms with Crippen molar-refractivity contribution in [1.29, 1.82) is 0 Å². The van der Waals surface area contributed by atoms with E-state index in [0.717, 1.165) is 18.7 Å². The molecule has 0 radical (unpaired) electrons. The van der Waals surface area contributed by atoms with Gasteiger partial charge in [-0.25, -0.2) is 0 Å². The summed E-state index contributed by atoms with van der Waals surface area (Å²) < 4.78 is 6.96. The van der Waals surface area contributed by atoms with E-state index in [9.17, 15) is 5.11 Å². The highest BCUT2D eigenvalue weighted by atomic mass is 16.5. The standard InChI is InChI=1S/C9H16N2O2/c1-3-13-5-4-11-7-9(6-10-11)8(2)12/h6-8,12H,3-5H2,1-2H3. The Bertz CT molecular complexity index is 246. The zero-order chi connectivity index (χ0) is 9.68. The molecular weight excluding hydrogens is 168 g/mol. The third-order valence-corrected chi connectivity index (χ3v) is 1.80. The van der Waals surface area contributed by atoms with Crippen LogP contribution >= 0.6 is 0 Å². The highest BCUT2D eigenvalue weighted by Crippen LogP contribution is 2.09. The number of hydrogen-bond donors (Lipinski definition) is 1. The molecule has 0 bridgehead atoms. The first-order valence-corrected chi connectivity index (χ1v) is 4.52. The summed E-state index contributed by atoms with van der Waals surface area (Å²) in [7, 11) is 0. The van der Waals surface area contributed by atoms with E-state index in [1.54, 1.807) is 17.8 Å². The molecule has 0 saturated carbocycles. The fourth-order valence-electron chi connectivity index (χ4n) is 1.02. The smallest absolute Gasteiger partial charge is 0.0792 e. The Morgan fingerprint density at radius 2 is 2.46 bits per heavy atom. The van der Waals surface area contributed by atoms with Gasteiger partial charge >= 0.3 is 0 Å². The van der Waals surface area contributed by atoms with E-state index in [0.29, 0.717) is 6.61 Å². The minimum absolute atomic E-state index is 0.444. The lowest BCUT2D eigenvalue weighted by atomic mass is 10.2. The fraction of sp³-hybridized carbons (Fsp3) is 0.667. The summed E-state index contributed by atoms with van der Waals surface area (Å²) in [4.78, 5) is 0. The molecule has 0 aliphatic rings. The van der Waals surface area contributed by atoms with Gasteiger partial charge in [0, 0.05) is 18.4 Å². The maximum Gasteiger partial charge on any atom is 0.0792 e. The fourth-order valence-corrected chi connectivity index (χ4v) is 1.02. The van der Waals surface area contributed by atoms with Gasteiger partial charge < -0.3 is 9.84 Å². The molecular formula is C9H16N2O2. The summed E-state index contributed by atoms with van der Waals surface area (Å²) in [5.74, 6) is 0. The maximum absolute atomic E-state index is 9.22. The van der Waals surface area contributed by atoms with Crippen molar-refractivity contribution < 1.29 is 9.84 Å². The van der Waals surface area contributed by atoms with Crippen molar-refractivity contribution in [3.05, 3.63) is 18.0 Å². The third-order valence-electron chi connectivity index (χ3n) is 1.80. The minimum atomic E-state index is -0.444. The predicted octanol–water partition coefficient (Wildman–Crippen LogP) is 0.973. The number of aromatic nitrogens is 2. The summed E-state index contributed by atoms with van der Waals surface area (Å²) in [6.07, 6.45) is 3.07. The zero-order valence-corrected chi connectivity index (χ0v) is 8.10. The van der Waals surface area contributed by atoms with Gasteiger partial charge in [-0.15, -0.1) is 0 Å². The second kappa shape index (κ2) is 4.99. The van der Waals surface area contributed by atoms with Crippen molar-refractivity contribution >= 4 is 0 Å². The molecule has 13 heavy (non-hydrogen) atoms. The monoisotopic (exact) mass is 184 g/mol. The van der Waals surface area contributed by atoms with E-state index in [1.165, 1.54) is 0 Å². The molecule has 0 saturated heterocycles. The van der Waals surface area contributed by atoms with Gasteiger partial charge in [-0.05, 0) is 13.8 Å². The van der Waals surface area contributed by atoms with E-state index in [1.807, 2.05) is 13.1 Å². The Labute approximate surface area is 78.1 Å². The van der Waals surface area contributed by atoms with Crippen LogP contribution < -0.4 is 0 Å². The Morgan fingerprint density at radius 1 is 1.69 bits per heavy atom. The zero-order valence-electron chi connectivity index (χ0n) is 8.10. The Kier molecular flexibility index (Phi) is 3.92. The summed E-state index contributed by atoms with van der Waals surface area (Å²) in [6.45, 7) is 5.82. The van der Waals surface area contributed by atoms with Crippen molar-refractivity contribution in [3.8, 4) is 0 Å². The minimum Gasteiger partial charge on any atom is -0.389 e. The second-order valence-corrected chi connectivity index (χ2v) is 2.91. The molecule has 1 unspecified atom stereocenters. The average Bonchev–Trinajstić information content (AvgIpc) is 2.53. The molecule has 74 valence electrons. The van der Waals surface area contributed by atoms with Crippen LogP contribution in [0.4, 0.5) is 0 Å². The molecule has 0 aromatic carbocycles. The van der Waals surface area contributed by atoms with Gasteiger partial charge in [0.2, 0.25) is 0 Å². The number of ether oxygens (including phenoxy) is 1. The van der Waals surface area contributed by atoms with Gasteiger partial charge in [0.1, 0.15) is 0 Å². The number of nitrogens with zero attached hydrogens (tertiary/aromatic N) is 2. The van der Waals surface area contributed by atoms with Crippen LogP contribution in [-0.2, 0) is 11.3 Å². The molecule has 1 atom stereocenters. The first-order valence-electron chi connectivity index (χ1n) is 4.52. The van der Waals surface area contributed by atoms with E-state index >= 15 is 0 Å². The topological polar surface area (TPSA) is 47.3 Å². The van der Waals surface area contributed by atoms with Gasteiger partial charge in [-0.1, -0.05) is 0 Å². The van der Waals surface area contributed by atoms with Crippen LogP contribution in [0.1, 0.15) is 25.5 Å². The van der Waals surface area contributed by atoms with E-state index in [-0.39, 0.29) is 0 Å². The average molecular weight is 184 g/mol. The molecule has 1 N–H and O–H groups in total. The molecule has 1 rings (SSSR count). The van der Waals surface area contributed by atoms with Crippen molar-refractivity contribution in [2.24, 2.45) is 0 Å². The Hall–Kier alpha value is -0.870. The second-order valence-electron chi connectivity index (χ2n) is 2.91. The van der Waals surface area contributed by atoms with Gasteiger partial charge in [0.15, 0.2) is 0 Å². The lowest BCUT2D eigenvalue weighted by Crippen LogP contribution is -2.05. The SMILES string of the molecule is CCOCCn1cc(C(C)O)cn1. The lowest BCUT2D eigenvalue weighted by molar-refractivity contribution is 0.136. The predicted molar refractivity (Wildman–Crippen MR) is 49.4 cm³/mol. The molecule has 0 aliphatic heterocycles. The summed E-state index contributed by atoms with van der Waals surface area (Å²) >= 11 is 0. The van der Waals surface area contributed by atoms with E-state index < -0.39 is 6.10 Å². The molecule has 0 amide bonds. The highest BCUT2D eigenvalue weighted by molar-refractivity contribution is 5.06. The molecule has 1 heterocycles. The van der Waals surface area contributed by atoms with Crippen LogP contribution in [-0.4, -0.2) is 28.1 Å². The largest absolute Gasteiger partial charge is 0.389 e. The number of aliphatic hydroxyl groups excluding tert-OH is 1. The van der Waals surface area contributed by atoms with Crippen LogP contribution in [0.3, 0.4) is 0 Å². The molecule has 1 aromatic rings. The van der Waals surface area contributed by atoms with Crippen molar-refractivity contribution in [1.82, 2.24) is 9.78 Å². The Balaban J connectivity index is 2.40.